The number of nitrogens with one attached hydrogen (secondary N) is 2. The number of amides is 2. The van der Waals surface area contributed by atoms with Gasteiger partial charge in [0, 0.05) is 43.5 Å². The molecule has 264 valence electrons. The zero-order valence-electron chi connectivity index (χ0n) is 27.9. The molecule has 4 atom stereocenters. The Morgan fingerprint density at radius 3 is 2.67 bits per heavy atom. The lowest BCUT2D eigenvalue weighted by molar-refractivity contribution is -0.154. The summed E-state index contributed by atoms with van der Waals surface area (Å²) in [6.45, 7) is 7.86. The third-order valence-corrected chi connectivity index (χ3v) is 8.95. The van der Waals surface area contributed by atoms with Crippen LogP contribution in [0.25, 0.3) is 11.0 Å². The Kier molecular flexibility index (Phi) is 15.1. The second kappa shape index (κ2) is 18.7. The Balaban J connectivity index is 1.50. The molecule has 1 aromatic carbocycles. The fraction of sp³-hybridized carbons (Fsp3) is 0.562. The number of fused-ring (bicyclic) bond motifs is 1. The maximum Gasteiger partial charge on any atom is 0.407 e. The number of ketones is 1. The molecule has 0 radical (unpaired) electrons. The van der Waals surface area contributed by atoms with Crippen molar-refractivity contribution in [2.45, 2.75) is 90.3 Å². The maximum atomic E-state index is 13.6. The second-order valence-electron chi connectivity index (χ2n) is 12.3. The highest BCUT2D eigenvalue weighted by Crippen LogP contribution is 2.37. The molecule has 0 bridgehead atoms. The van der Waals surface area contributed by atoms with Gasteiger partial charge in [-0.05, 0) is 77.5 Å². The molecule has 0 saturated carbocycles. The van der Waals surface area contributed by atoms with E-state index in [1.54, 1.807) is 39.0 Å². The van der Waals surface area contributed by atoms with Gasteiger partial charge >= 0.3 is 17.7 Å². The number of esters is 1. The van der Waals surface area contributed by atoms with E-state index in [4.69, 9.17) is 28.6 Å². The first-order valence-electron chi connectivity index (χ1n) is 15.9. The largest absolute Gasteiger partial charge is 0.493 e. The van der Waals surface area contributed by atoms with Crippen LogP contribution >= 0.6 is 16.6 Å². The number of likely N-dealkylation sites (tertiary alicyclic amines) is 1. The van der Waals surface area contributed by atoms with Gasteiger partial charge in [0.2, 0.25) is 5.91 Å². The van der Waals surface area contributed by atoms with Crippen molar-refractivity contribution in [3.63, 3.8) is 0 Å². The van der Waals surface area contributed by atoms with Crippen LogP contribution in [0.5, 0.6) is 5.75 Å². The zero-order chi connectivity index (χ0) is 35.3. The first kappa shape index (κ1) is 38.7. The molecule has 2 heterocycles. The van der Waals surface area contributed by atoms with Crippen molar-refractivity contribution in [1.29, 1.82) is 5.41 Å². The number of ether oxygens (including phenoxy) is 3. The number of Topliss-reactive ketones (excluding diaryl/α,β-unsaturated/α-hetero) is 1. The van der Waals surface area contributed by atoms with E-state index in [0.717, 1.165) is 6.40 Å². The topological polar surface area (TPSA) is 187 Å². The lowest BCUT2D eigenvalue weighted by Gasteiger charge is -2.26. The Labute approximate surface area is 282 Å². The minimum atomic E-state index is -1.89. The van der Waals surface area contributed by atoms with Crippen LogP contribution in [-0.2, 0) is 34.8 Å². The highest BCUT2D eigenvalue weighted by Gasteiger charge is 2.38. The predicted molar refractivity (Wildman–Crippen MR) is 185 cm³/mol. The molecule has 1 aromatic heterocycles. The zero-order valence-corrected chi connectivity index (χ0v) is 30.0. The van der Waals surface area contributed by atoms with E-state index in [-0.39, 0.29) is 31.3 Å². The standard InChI is InChI=1S/C32H46N4O10P2/c1-21(37)17-22-18-28(38)45-27-19-23(11-12-24(22)27)42-15-8-16-43-30(40)26-10-7-14-36(26)29(39)25(35-48(47)44-20-33)9-5-6-13-34-31(41)46-32(2,3)4/h11-12,18-20,25-26,33,48H,5-10,13-17,47H2,1-4H3,(H,34,41)/t25-,26?/m0/s1. The van der Waals surface area contributed by atoms with Gasteiger partial charge in [0.05, 0.1) is 13.2 Å². The van der Waals surface area contributed by atoms with Crippen LogP contribution in [0.1, 0.15) is 71.8 Å². The van der Waals surface area contributed by atoms with Crippen molar-refractivity contribution in [3.05, 3.63) is 40.2 Å². The SMILES string of the molecule is CC(=O)Cc1cc(=O)oc2cc(OCCCOC(=O)C3CCCN3C(=O)[C@H](CCCCNC(=O)OC(C)(C)C)/N=[PH](\P)OC=N)ccc12. The molecule has 16 heteroatoms. The van der Waals surface area contributed by atoms with E-state index in [1.165, 1.54) is 17.9 Å². The molecular weight excluding hydrogens is 662 g/mol. The molecule has 1 aliphatic heterocycles. The van der Waals surface area contributed by atoms with E-state index in [2.05, 4.69) is 19.0 Å². The molecule has 14 nitrogen and oxygen atoms in total. The smallest absolute Gasteiger partial charge is 0.407 e. The first-order chi connectivity index (χ1) is 22.8. The summed E-state index contributed by atoms with van der Waals surface area (Å²) in [5.41, 5.74) is -0.245. The summed E-state index contributed by atoms with van der Waals surface area (Å²) in [6, 6.07) is 4.84. The quantitative estimate of drug-likeness (QED) is 0.0565. The predicted octanol–water partition coefficient (Wildman–Crippen LogP) is 5.02. The van der Waals surface area contributed by atoms with Crippen molar-refractivity contribution in [1.82, 2.24) is 10.2 Å². The number of hydrogen-bond donors (Lipinski definition) is 2. The summed E-state index contributed by atoms with van der Waals surface area (Å²) in [7, 11) is 0.539. The average molecular weight is 709 g/mol. The first-order valence-corrected chi connectivity index (χ1v) is 19.1. The second-order valence-corrected chi connectivity index (χ2v) is 15.0. The third-order valence-electron chi connectivity index (χ3n) is 7.17. The van der Waals surface area contributed by atoms with Gasteiger partial charge in [-0.1, -0.05) is 8.93 Å². The highest BCUT2D eigenvalue weighted by molar-refractivity contribution is 8.05. The summed E-state index contributed by atoms with van der Waals surface area (Å²) in [5, 5.41) is 10.6. The summed E-state index contributed by atoms with van der Waals surface area (Å²) < 4.78 is 31.5. The van der Waals surface area contributed by atoms with Crippen LogP contribution in [0.3, 0.4) is 0 Å². The van der Waals surface area contributed by atoms with Gasteiger partial charge in [-0.15, -0.1) is 0 Å². The van der Waals surface area contributed by atoms with Crippen LogP contribution in [0.15, 0.2) is 38.2 Å². The molecule has 3 rings (SSSR count). The van der Waals surface area contributed by atoms with Gasteiger partial charge in [-0.3, -0.25) is 19.7 Å². The molecule has 0 spiro atoms. The average Bonchev–Trinajstić information content (AvgIpc) is 3.49. The van der Waals surface area contributed by atoms with Gasteiger partial charge in [0.1, 0.15) is 42.4 Å². The number of carbonyl (C=O) groups is 4. The minimum absolute atomic E-state index is 0.0678. The van der Waals surface area contributed by atoms with E-state index >= 15 is 0 Å². The lowest BCUT2D eigenvalue weighted by atomic mass is 10.1. The summed E-state index contributed by atoms with van der Waals surface area (Å²) >= 11 is 0. The Morgan fingerprint density at radius 1 is 1.19 bits per heavy atom. The third kappa shape index (κ3) is 12.7. The summed E-state index contributed by atoms with van der Waals surface area (Å²) in [4.78, 5) is 63.6. The monoisotopic (exact) mass is 708 g/mol. The van der Waals surface area contributed by atoms with E-state index in [1.807, 2.05) is 0 Å². The van der Waals surface area contributed by atoms with Gasteiger partial charge in [-0.25, -0.2) is 14.4 Å². The van der Waals surface area contributed by atoms with Crippen LogP contribution in [0.4, 0.5) is 4.79 Å². The van der Waals surface area contributed by atoms with E-state index in [0.29, 0.717) is 73.9 Å². The Bertz CT molecular complexity index is 1560. The number of alkyl carbamates (subject to hydrolysis) is 1. The fourth-order valence-corrected chi connectivity index (χ4v) is 6.63. The molecule has 1 aliphatic rings. The molecule has 48 heavy (non-hydrogen) atoms. The lowest BCUT2D eigenvalue weighted by Crippen LogP contribution is -2.45. The van der Waals surface area contributed by atoms with Crippen LogP contribution in [0, 0.1) is 5.41 Å². The van der Waals surface area contributed by atoms with Gasteiger partial charge in [-0.2, -0.15) is 0 Å². The van der Waals surface area contributed by atoms with Gasteiger partial charge in [0.15, 0.2) is 6.40 Å². The summed E-state index contributed by atoms with van der Waals surface area (Å²) in [5.74, 6) is -0.409. The van der Waals surface area contributed by atoms with Crippen LogP contribution in [0.2, 0.25) is 0 Å². The summed E-state index contributed by atoms with van der Waals surface area (Å²) in [6.07, 6.45) is 3.45. The molecule has 2 N–H and O–H groups in total. The number of hydrogen-bond acceptors (Lipinski definition) is 12. The number of rotatable bonds is 17. The number of nitrogens with zero attached hydrogens (tertiary/aromatic N) is 2. The Hall–Kier alpha value is -3.76. The van der Waals surface area contributed by atoms with Gasteiger partial charge < -0.3 is 33.4 Å². The number of benzene rings is 1. The minimum Gasteiger partial charge on any atom is -0.493 e. The molecule has 2 amide bonds. The number of unbranched alkanes of at least 4 members (excludes halogenated alkanes) is 1. The van der Waals surface area contributed by atoms with Crippen LogP contribution < -0.4 is 15.7 Å². The van der Waals surface area contributed by atoms with Crippen molar-refractivity contribution >= 4 is 57.7 Å². The van der Waals surface area contributed by atoms with Crippen molar-refractivity contribution in [3.8, 4) is 5.75 Å². The maximum absolute atomic E-state index is 13.6. The molecular formula is C32H46N4O10P2. The molecule has 3 unspecified atom stereocenters. The molecule has 1 fully saturated rings. The molecule has 2 aromatic rings. The normalized spacial score (nSPS) is 15.9. The van der Waals surface area contributed by atoms with Crippen LogP contribution in [-0.4, -0.2) is 79.0 Å². The molecule has 1 saturated heterocycles. The molecule has 0 aliphatic carbocycles. The van der Waals surface area contributed by atoms with Gasteiger partial charge in [0.25, 0.3) is 0 Å². The van der Waals surface area contributed by atoms with Crippen molar-refractivity contribution < 1.29 is 42.3 Å². The number of carbonyl (C=O) groups excluding carboxylic acids is 4. The van der Waals surface area contributed by atoms with Crippen molar-refractivity contribution in [2.24, 2.45) is 4.74 Å². The fourth-order valence-electron chi connectivity index (χ4n) is 5.15. The van der Waals surface area contributed by atoms with E-state index < -0.39 is 43.0 Å². The van der Waals surface area contributed by atoms with E-state index in [9.17, 15) is 24.0 Å². The van der Waals surface area contributed by atoms with Crippen molar-refractivity contribution in [2.75, 3.05) is 26.3 Å². The highest BCUT2D eigenvalue weighted by atomic mass is 32.0. The Morgan fingerprint density at radius 2 is 1.96 bits per heavy atom.